The molecule has 2 unspecified atom stereocenters. The van der Waals surface area contributed by atoms with Gasteiger partial charge < -0.3 is 10.3 Å². The summed E-state index contributed by atoms with van der Waals surface area (Å²) in [6.07, 6.45) is 4.43. The number of sulfonamides is 1. The second-order valence-corrected chi connectivity index (χ2v) is 8.35. The van der Waals surface area contributed by atoms with Crippen LogP contribution in [0.2, 0.25) is 0 Å². The van der Waals surface area contributed by atoms with E-state index in [0.29, 0.717) is 12.6 Å². The van der Waals surface area contributed by atoms with E-state index in [2.05, 4.69) is 4.90 Å². The lowest BCUT2D eigenvalue weighted by molar-refractivity contribution is 0.0992. The third-order valence-corrected chi connectivity index (χ3v) is 6.94. The number of piperazine rings is 1. The number of aryl methyl sites for hydroxylation is 1. The molecule has 1 amide bonds. The first kappa shape index (κ1) is 16.5. The quantitative estimate of drug-likeness (QED) is 0.858. The van der Waals surface area contributed by atoms with Crippen molar-refractivity contribution in [2.45, 2.75) is 43.2 Å². The molecule has 2 aliphatic rings. The fraction of sp³-hybridized carbons (Fsp3) is 0.667. The first-order valence-electron chi connectivity index (χ1n) is 8.06. The average molecular weight is 340 g/mol. The zero-order valence-corrected chi connectivity index (χ0v) is 14.4. The van der Waals surface area contributed by atoms with E-state index in [1.165, 1.54) is 16.8 Å². The van der Waals surface area contributed by atoms with Gasteiger partial charge in [0.1, 0.15) is 10.6 Å². The number of fused-ring (bicyclic) bond motifs is 1. The highest BCUT2D eigenvalue weighted by Crippen LogP contribution is 2.30. The van der Waals surface area contributed by atoms with Gasteiger partial charge in [0.2, 0.25) is 10.0 Å². The van der Waals surface area contributed by atoms with Crippen molar-refractivity contribution in [3.05, 3.63) is 18.0 Å². The predicted octanol–water partition coefficient (Wildman–Crippen LogP) is 0.371. The van der Waals surface area contributed by atoms with Crippen molar-refractivity contribution >= 4 is 15.9 Å². The van der Waals surface area contributed by atoms with Crippen LogP contribution in [0.5, 0.6) is 0 Å². The zero-order chi connectivity index (χ0) is 16.8. The molecule has 2 atom stereocenters. The molecule has 0 aliphatic carbocycles. The number of hydrogen-bond acceptors (Lipinski definition) is 4. The summed E-state index contributed by atoms with van der Waals surface area (Å²) < 4.78 is 29.2. The van der Waals surface area contributed by atoms with Crippen LogP contribution < -0.4 is 5.73 Å². The van der Waals surface area contributed by atoms with Gasteiger partial charge in [-0.05, 0) is 31.9 Å². The molecule has 1 aromatic heterocycles. The number of primary amides is 1. The van der Waals surface area contributed by atoms with Crippen LogP contribution in [0.15, 0.2) is 17.2 Å². The summed E-state index contributed by atoms with van der Waals surface area (Å²) in [6, 6.07) is 1.67. The molecule has 23 heavy (non-hydrogen) atoms. The van der Waals surface area contributed by atoms with E-state index >= 15 is 0 Å². The molecule has 2 aliphatic heterocycles. The molecule has 0 spiro atoms. The van der Waals surface area contributed by atoms with Crippen molar-refractivity contribution in [3.63, 3.8) is 0 Å². The summed E-state index contributed by atoms with van der Waals surface area (Å²) in [5.74, 6) is -0.624. The molecule has 2 saturated heterocycles. The topological polar surface area (TPSA) is 88.6 Å². The number of rotatable bonds is 4. The molecule has 128 valence electrons. The van der Waals surface area contributed by atoms with Crippen LogP contribution in [0.4, 0.5) is 0 Å². The second-order valence-electron chi connectivity index (χ2n) is 6.46. The normalized spacial score (nSPS) is 26.3. The Morgan fingerprint density at radius 3 is 2.74 bits per heavy atom. The lowest BCUT2D eigenvalue weighted by atomic mass is 10.1. The van der Waals surface area contributed by atoms with E-state index in [9.17, 15) is 13.2 Å². The van der Waals surface area contributed by atoms with Gasteiger partial charge in [-0.1, -0.05) is 6.92 Å². The molecule has 3 rings (SSSR count). The van der Waals surface area contributed by atoms with E-state index in [0.717, 1.165) is 32.4 Å². The number of carbonyl (C=O) groups excluding carboxylic acids is 1. The van der Waals surface area contributed by atoms with Crippen LogP contribution >= 0.6 is 0 Å². The van der Waals surface area contributed by atoms with Crippen LogP contribution in [-0.4, -0.2) is 59.8 Å². The van der Waals surface area contributed by atoms with Crippen molar-refractivity contribution in [2.75, 3.05) is 19.6 Å². The molecular formula is C15H24N4O3S. The summed E-state index contributed by atoms with van der Waals surface area (Å²) in [4.78, 5) is 13.9. The van der Waals surface area contributed by atoms with Crippen LogP contribution in [-0.2, 0) is 17.1 Å². The average Bonchev–Trinajstić information content (AvgIpc) is 3.11. The maximum Gasteiger partial charge on any atom is 0.265 e. The van der Waals surface area contributed by atoms with Gasteiger partial charge in [0, 0.05) is 38.4 Å². The molecule has 0 aromatic carbocycles. The summed E-state index contributed by atoms with van der Waals surface area (Å²) in [7, 11) is -1.99. The fourth-order valence-electron chi connectivity index (χ4n) is 3.74. The van der Waals surface area contributed by atoms with Gasteiger partial charge in [-0.2, -0.15) is 4.31 Å². The lowest BCUT2D eigenvalue weighted by Crippen LogP contribution is -2.57. The Labute approximate surface area is 137 Å². The predicted molar refractivity (Wildman–Crippen MR) is 86.5 cm³/mol. The monoisotopic (exact) mass is 340 g/mol. The van der Waals surface area contributed by atoms with Crippen LogP contribution in [0.1, 0.15) is 36.7 Å². The Kier molecular flexibility index (Phi) is 4.24. The third-order valence-electron chi connectivity index (χ3n) is 5.05. The Balaban J connectivity index is 1.94. The molecule has 7 nitrogen and oxygen atoms in total. The van der Waals surface area contributed by atoms with Crippen LogP contribution in [0.25, 0.3) is 0 Å². The van der Waals surface area contributed by atoms with E-state index in [-0.39, 0.29) is 16.6 Å². The zero-order valence-electron chi connectivity index (χ0n) is 13.6. The van der Waals surface area contributed by atoms with Gasteiger partial charge >= 0.3 is 0 Å². The van der Waals surface area contributed by atoms with Gasteiger partial charge in [-0.3, -0.25) is 9.69 Å². The molecule has 2 fully saturated rings. The Bertz CT molecular complexity index is 712. The molecule has 1 aromatic rings. The van der Waals surface area contributed by atoms with Gasteiger partial charge in [-0.15, -0.1) is 0 Å². The highest BCUT2D eigenvalue weighted by molar-refractivity contribution is 7.89. The fourth-order valence-corrected chi connectivity index (χ4v) is 5.54. The number of nitrogens with two attached hydrogens (primary N) is 1. The van der Waals surface area contributed by atoms with Crippen molar-refractivity contribution in [1.82, 2.24) is 13.8 Å². The van der Waals surface area contributed by atoms with Crippen LogP contribution in [0.3, 0.4) is 0 Å². The van der Waals surface area contributed by atoms with Crippen molar-refractivity contribution < 1.29 is 13.2 Å². The standard InChI is InChI=1S/C15H24N4O3S/c1-3-11-8-18-6-4-5-12(18)9-19(11)23(21,22)13-7-14(15(16)20)17(2)10-13/h7,10-12H,3-6,8-9H2,1-2H3,(H2,16,20). The largest absolute Gasteiger partial charge is 0.364 e. The molecule has 3 heterocycles. The summed E-state index contributed by atoms with van der Waals surface area (Å²) >= 11 is 0. The third kappa shape index (κ3) is 2.79. The molecule has 2 N–H and O–H groups in total. The summed E-state index contributed by atoms with van der Waals surface area (Å²) in [5, 5.41) is 0. The van der Waals surface area contributed by atoms with E-state index in [1.54, 1.807) is 11.4 Å². The molecule has 0 saturated carbocycles. The minimum atomic E-state index is -3.62. The number of amides is 1. The minimum absolute atomic E-state index is 0.0217. The number of carbonyl (C=O) groups is 1. The molecule has 0 bridgehead atoms. The number of aromatic nitrogens is 1. The highest BCUT2D eigenvalue weighted by atomic mass is 32.2. The van der Waals surface area contributed by atoms with Gasteiger partial charge in [0.05, 0.1) is 0 Å². The number of nitrogens with zero attached hydrogens (tertiary/aromatic N) is 3. The van der Waals surface area contributed by atoms with E-state index < -0.39 is 15.9 Å². The van der Waals surface area contributed by atoms with Gasteiger partial charge in [-0.25, -0.2) is 8.42 Å². The van der Waals surface area contributed by atoms with Crippen molar-refractivity contribution in [1.29, 1.82) is 0 Å². The summed E-state index contributed by atoms with van der Waals surface area (Å²) in [5.41, 5.74) is 5.50. The maximum absolute atomic E-state index is 13.1. The SMILES string of the molecule is CCC1CN2CCCC2CN1S(=O)(=O)c1cc(C(N)=O)n(C)c1. The highest BCUT2D eigenvalue weighted by Gasteiger charge is 2.41. The Hall–Kier alpha value is -1.38. The van der Waals surface area contributed by atoms with E-state index in [1.807, 2.05) is 6.92 Å². The Morgan fingerprint density at radius 1 is 1.39 bits per heavy atom. The smallest absolute Gasteiger partial charge is 0.265 e. The number of hydrogen-bond donors (Lipinski definition) is 1. The first-order chi connectivity index (χ1) is 10.8. The summed E-state index contributed by atoms with van der Waals surface area (Å²) in [6.45, 7) is 4.40. The van der Waals surface area contributed by atoms with Crippen molar-refractivity contribution in [2.24, 2.45) is 12.8 Å². The second kappa shape index (κ2) is 5.92. The van der Waals surface area contributed by atoms with Crippen molar-refractivity contribution in [3.8, 4) is 0 Å². The minimum Gasteiger partial charge on any atom is -0.364 e. The van der Waals surface area contributed by atoms with E-state index in [4.69, 9.17) is 5.73 Å². The van der Waals surface area contributed by atoms with Gasteiger partial charge in [0.25, 0.3) is 5.91 Å². The maximum atomic E-state index is 13.1. The molecule has 0 radical (unpaired) electrons. The molecular weight excluding hydrogens is 316 g/mol. The molecule has 8 heteroatoms. The van der Waals surface area contributed by atoms with Gasteiger partial charge in [0.15, 0.2) is 0 Å². The lowest BCUT2D eigenvalue weighted by Gasteiger charge is -2.42. The van der Waals surface area contributed by atoms with Crippen LogP contribution in [0, 0.1) is 0 Å². The Morgan fingerprint density at radius 2 is 2.13 bits per heavy atom. The first-order valence-corrected chi connectivity index (χ1v) is 9.50.